The molecule has 2 N–H and O–H groups in total. The van der Waals surface area contributed by atoms with Crippen molar-refractivity contribution in [3.05, 3.63) is 18.2 Å². The number of nitrogens with zero attached hydrogens (tertiary/aromatic N) is 2. The molecule has 0 radical (unpaired) electrons. The normalized spacial score (nSPS) is 29.4. The summed E-state index contributed by atoms with van der Waals surface area (Å²) in [4.78, 5) is 4.26. The van der Waals surface area contributed by atoms with Gasteiger partial charge in [-0.25, -0.2) is 4.98 Å². The van der Waals surface area contributed by atoms with E-state index in [9.17, 15) is 0 Å². The third-order valence-corrected chi connectivity index (χ3v) is 3.04. The lowest BCUT2D eigenvalue weighted by Crippen LogP contribution is -2.39. The average Bonchev–Trinajstić information content (AvgIpc) is 2.74. The molecule has 2 unspecified atom stereocenters. The topological polar surface area (TPSA) is 53.1 Å². The highest BCUT2D eigenvalue weighted by molar-refractivity contribution is 5.06. The summed E-state index contributed by atoms with van der Waals surface area (Å²) in [7, 11) is 1.96. The summed E-state index contributed by atoms with van der Waals surface area (Å²) >= 11 is 0. The maximum Gasteiger partial charge on any atom is 0.128 e. The Kier molecular flexibility index (Phi) is 2.33. The minimum absolute atomic E-state index is 0.134. The zero-order valence-electron chi connectivity index (χ0n) is 8.73. The van der Waals surface area contributed by atoms with Gasteiger partial charge in [-0.1, -0.05) is 0 Å². The smallest absolute Gasteiger partial charge is 0.128 e. The molecule has 4 heteroatoms. The molecule has 0 aromatic carbocycles. The number of aryl methyl sites for hydroxylation is 1. The zero-order chi connectivity index (χ0) is 10.2. The van der Waals surface area contributed by atoms with E-state index in [1.807, 2.05) is 17.8 Å². The molecule has 1 saturated heterocycles. The molecular formula is C10H17N3O. The third-order valence-electron chi connectivity index (χ3n) is 3.04. The van der Waals surface area contributed by atoms with Gasteiger partial charge < -0.3 is 15.0 Å². The minimum Gasteiger partial charge on any atom is -0.373 e. The molecule has 14 heavy (non-hydrogen) atoms. The molecule has 2 rings (SSSR count). The molecule has 2 atom stereocenters. The molecule has 0 saturated carbocycles. The van der Waals surface area contributed by atoms with E-state index < -0.39 is 0 Å². The van der Waals surface area contributed by atoms with Gasteiger partial charge in [-0.15, -0.1) is 0 Å². The van der Waals surface area contributed by atoms with E-state index >= 15 is 0 Å². The monoisotopic (exact) mass is 195 g/mol. The summed E-state index contributed by atoms with van der Waals surface area (Å²) in [5.41, 5.74) is 5.93. The van der Waals surface area contributed by atoms with Gasteiger partial charge >= 0.3 is 0 Å². The van der Waals surface area contributed by atoms with Gasteiger partial charge in [0.2, 0.25) is 0 Å². The highest BCUT2D eigenvalue weighted by Crippen LogP contribution is 2.34. The van der Waals surface area contributed by atoms with E-state index in [0.29, 0.717) is 0 Å². The Balaban J connectivity index is 2.23. The largest absolute Gasteiger partial charge is 0.373 e. The average molecular weight is 195 g/mol. The maximum atomic E-state index is 6.17. The van der Waals surface area contributed by atoms with Gasteiger partial charge in [-0.2, -0.15) is 0 Å². The summed E-state index contributed by atoms with van der Waals surface area (Å²) in [6, 6.07) is -0.134. The summed E-state index contributed by atoms with van der Waals surface area (Å²) in [6.07, 6.45) is 5.79. The van der Waals surface area contributed by atoms with Crippen LogP contribution in [-0.4, -0.2) is 21.8 Å². The number of ether oxygens (including phenoxy) is 1. The van der Waals surface area contributed by atoms with Crippen LogP contribution in [0.2, 0.25) is 0 Å². The fourth-order valence-corrected chi connectivity index (χ4v) is 2.00. The van der Waals surface area contributed by atoms with Crippen molar-refractivity contribution in [1.82, 2.24) is 9.55 Å². The molecule has 0 bridgehead atoms. The summed E-state index contributed by atoms with van der Waals surface area (Å²) < 4.78 is 7.66. The lowest BCUT2D eigenvalue weighted by Gasteiger charge is -2.29. The van der Waals surface area contributed by atoms with Gasteiger partial charge in [-0.05, 0) is 19.8 Å². The quantitative estimate of drug-likeness (QED) is 0.765. The SMILES string of the molecule is Cn1ccnc1C(N)C1(C)CCCO1. The van der Waals surface area contributed by atoms with Gasteiger partial charge in [0.15, 0.2) is 0 Å². The summed E-state index contributed by atoms with van der Waals surface area (Å²) in [5, 5.41) is 0. The van der Waals surface area contributed by atoms with Crippen LogP contribution in [-0.2, 0) is 11.8 Å². The van der Waals surface area contributed by atoms with E-state index in [4.69, 9.17) is 10.5 Å². The van der Waals surface area contributed by atoms with Crippen LogP contribution in [0.3, 0.4) is 0 Å². The Morgan fingerprint density at radius 1 is 1.71 bits per heavy atom. The predicted octanol–water partition coefficient (Wildman–Crippen LogP) is 0.989. The van der Waals surface area contributed by atoms with Crippen LogP contribution in [0.15, 0.2) is 12.4 Å². The van der Waals surface area contributed by atoms with Crippen LogP contribution in [0.1, 0.15) is 31.6 Å². The molecule has 1 aromatic heterocycles. The fourth-order valence-electron chi connectivity index (χ4n) is 2.00. The van der Waals surface area contributed by atoms with Gasteiger partial charge in [0.1, 0.15) is 5.82 Å². The molecular weight excluding hydrogens is 178 g/mol. The highest BCUT2D eigenvalue weighted by atomic mass is 16.5. The van der Waals surface area contributed by atoms with E-state index in [-0.39, 0.29) is 11.6 Å². The summed E-state index contributed by atoms with van der Waals surface area (Å²) in [5.74, 6) is 0.898. The van der Waals surface area contributed by atoms with Gasteiger partial charge in [0.25, 0.3) is 0 Å². The number of aromatic nitrogens is 2. The van der Waals surface area contributed by atoms with Crippen LogP contribution in [0, 0.1) is 0 Å². The Hall–Kier alpha value is -0.870. The lowest BCUT2D eigenvalue weighted by molar-refractivity contribution is -0.00449. The number of hydrogen-bond acceptors (Lipinski definition) is 3. The molecule has 2 heterocycles. The second kappa shape index (κ2) is 3.37. The van der Waals surface area contributed by atoms with Gasteiger partial charge in [0.05, 0.1) is 11.6 Å². The van der Waals surface area contributed by atoms with Crippen molar-refractivity contribution < 1.29 is 4.74 Å². The van der Waals surface area contributed by atoms with Crippen molar-refractivity contribution in [3.8, 4) is 0 Å². The van der Waals surface area contributed by atoms with Crippen molar-refractivity contribution in [2.75, 3.05) is 6.61 Å². The lowest BCUT2D eigenvalue weighted by atomic mass is 9.93. The molecule has 0 spiro atoms. The standard InChI is InChI=1S/C10H17N3O/c1-10(4-3-7-14-10)8(11)9-12-5-6-13(9)2/h5-6,8H,3-4,7,11H2,1-2H3. The Morgan fingerprint density at radius 2 is 2.50 bits per heavy atom. The minimum atomic E-state index is -0.237. The van der Waals surface area contributed by atoms with Crippen LogP contribution in [0.5, 0.6) is 0 Å². The van der Waals surface area contributed by atoms with Crippen LogP contribution < -0.4 is 5.73 Å². The van der Waals surface area contributed by atoms with E-state index in [1.54, 1.807) is 6.20 Å². The number of imidazole rings is 1. The first-order chi connectivity index (χ1) is 6.63. The number of rotatable bonds is 2. The summed E-state index contributed by atoms with van der Waals surface area (Å²) in [6.45, 7) is 2.88. The second-order valence-corrected chi connectivity index (χ2v) is 4.14. The molecule has 0 amide bonds. The third kappa shape index (κ3) is 1.44. The zero-order valence-corrected chi connectivity index (χ0v) is 8.73. The van der Waals surface area contributed by atoms with E-state index in [2.05, 4.69) is 11.9 Å². The first-order valence-corrected chi connectivity index (χ1v) is 5.00. The fraction of sp³-hybridized carbons (Fsp3) is 0.700. The maximum absolute atomic E-state index is 6.17. The molecule has 0 aliphatic carbocycles. The second-order valence-electron chi connectivity index (χ2n) is 4.14. The van der Waals surface area contributed by atoms with Crippen molar-refractivity contribution in [3.63, 3.8) is 0 Å². The highest BCUT2D eigenvalue weighted by Gasteiger charge is 2.38. The van der Waals surface area contributed by atoms with Crippen LogP contribution in [0.25, 0.3) is 0 Å². The van der Waals surface area contributed by atoms with Crippen molar-refractivity contribution in [1.29, 1.82) is 0 Å². The van der Waals surface area contributed by atoms with Crippen LogP contribution in [0.4, 0.5) is 0 Å². The van der Waals surface area contributed by atoms with E-state index in [1.165, 1.54) is 0 Å². The molecule has 1 fully saturated rings. The van der Waals surface area contributed by atoms with Crippen molar-refractivity contribution in [2.45, 2.75) is 31.4 Å². The number of hydrogen-bond donors (Lipinski definition) is 1. The van der Waals surface area contributed by atoms with Gasteiger partial charge in [0, 0.05) is 26.0 Å². The van der Waals surface area contributed by atoms with Crippen molar-refractivity contribution >= 4 is 0 Å². The Morgan fingerprint density at radius 3 is 3.00 bits per heavy atom. The molecule has 1 aliphatic heterocycles. The number of nitrogens with two attached hydrogens (primary N) is 1. The van der Waals surface area contributed by atoms with Crippen LogP contribution >= 0.6 is 0 Å². The van der Waals surface area contributed by atoms with E-state index in [0.717, 1.165) is 25.3 Å². The van der Waals surface area contributed by atoms with Crippen molar-refractivity contribution in [2.24, 2.45) is 12.8 Å². The first kappa shape index (κ1) is 9.68. The molecule has 1 aliphatic rings. The molecule has 4 nitrogen and oxygen atoms in total. The molecule has 78 valence electrons. The van der Waals surface area contributed by atoms with Gasteiger partial charge in [-0.3, -0.25) is 0 Å². The Bertz CT molecular complexity index is 315. The predicted molar refractivity (Wildman–Crippen MR) is 53.7 cm³/mol. The first-order valence-electron chi connectivity index (χ1n) is 5.00. The Labute approximate surface area is 84.1 Å². The molecule has 1 aromatic rings.